The van der Waals surface area contributed by atoms with Gasteiger partial charge in [0.15, 0.2) is 0 Å². The smallest absolute Gasteiger partial charge is 0.322 e. The molecule has 1 N–H and O–H groups in total. The minimum atomic E-state index is -0.139. The number of nitrogens with zero attached hydrogens (tertiary/aromatic N) is 5. The van der Waals surface area contributed by atoms with Crippen molar-refractivity contribution in [2.75, 3.05) is 25.0 Å². The Balaban J connectivity index is 1.69. The van der Waals surface area contributed by atoms with E-state index in [-0.39, 0.29) is 12.1 Å². The van der Waals surface area contributed by atoms with Gasteiger partial charge in [-0.05, 0) is 27.7 Å². The van der Waals surface area contributed by atoms with Crippen molar-refractivity contribution in [3.05, 3.63) is 29.3 Å². The molecule has 2 aromatic heterocycles. The van der Waals surface area contributed by atoms with Gasteiger partial charge in [0.2, 0.25) is 0 Å². The molecular weight excluding hydrogens is 320 g/mol. The molecule has 25 heavy (non-hydrogen) atoms. The first-order chi connectivity index (χ1) is 12.0. The van der Waals surface area contributed by atoms with Crippen LogP contribution >= 0.6 is 0 Å². The monoisotopic (exact) mass is 346 g/mol. The van der Waals surface area contributed by atoms with Crippen LogP contribution in [-0.2, 0) is 17.8 Å². The van der Waals surface area contributed by atoms with Crippen molar-refractivity contribution in [2.45, 2.75) is 46.9 Å². The van der Waals surface area contributed by atoms with E-state index in [1.165, 1.54) is 0 Å². The summed E-state index contributed by atoms with van der Waals surface area (Å²) in [4.78, 5) is 14.5. The minimum absolute atomic E-state index is 0.113. The van der Waals surface area contributed by atoms with Crippen LogP contribution in [0.1, 0.15) is 36.9 Å². The van der Waals surface area contributed by atoms with Crippen LogP contribution in [0.5, 0.6) is 0 Å². The van der Waals surface area contributed by atoms with Gasteiger partial charge in [0, 0.05) is 31.4 Å². The number of hydrogen-bond acceptors (Lipinski definition) is 4. The van der Waals surface area contributed by atoms with Crippen LogP contribution in [0.15, 0.2) is 12.4 Å². The Morgan fingerprint density at radius 2 is 2.16 bits per heavy atom. The van der Waals surface area contributed by atoms with Crippen molar-refractivity contribution < 1.29 is 9.53 Å². The highest BCUT2D eigenvalue weighted by Gasteiger charge is 2.27. The van der Waals surface area contributed by atoms with E-state index in [9.17, 15) is 4.79 Å². The fraction of sp³-hybridized carbons (Fsp3) is 0.588. The van der Waals surface area contributed by atoms with Crippen LogP contribution < -0.4 is 5.32 Å². The second kappa shape index (κ2) is 7.26. The third-order valence-corrected chi connectivity index (χ3v) is 4.62. The largest absolute Gasteiger partial charge is 0.370 e. The number of morpholine rings is 1. The van der Waals surface area contributed by atoms with E-state index in [2.05, 4.69) is 15.5 Å². The van der Waals surface area contributed by atoms with E-state index in [0.29, 0.717) is 19.7 Å². The minimum Gasteiger partial charge on any atom is -0.370 e. The molecule has 0 radical (unpaired) electrons. The lowest BCUT2D eigenvalue weighted by atomic mass is 10.1. The number of hydrogen-bond donors (Lipinski definition) is 1. The first-order valence-electron chi connectivity index (χ1n) is 8.77. The Kier molecular flexibility index (Phi) is 5.08. The predicted molar refractivity (Wildman–Crippen MR) is 94.6 cm³/mol. The molecule has 1 saturated heterocycles. The number of nitrogens with one attached hydrogen (secondary N) is 1. The molecule has 1 aliphatic heterocycles. The molecule has 136 valence electrons. The van der Waals surface area contributed by atoms with Gasteiger partial charge < -0.3 is 15.0 Å². The highest BCUT2D eigenvalue weighted by atomic mass is 16.5. The van der Waals surface area contributed by atoms with Gasteiger partial charge >= 0.3 is 6.03 Å². The maximum absolute atomic E-state index is 12.7. The predicted octanol–water partition coefficient (Wildman–Crippen LogP) is 2.34. The van der Waals surface area contributed by atoms with Crippen molar-refractivity contribution in [3.63, 3.8) is 0 Å². The summed E-state index contributed by atoms with van der Waals surface area (Å²) in [6.07, 6.45) is 3.65. The van der Waals surface area contributed by atoms with Crippen LogP contribution in [0.2, 0.25) is 0 Å². The number of rotatable bonds is 4. The molecule has 3 heterocycles. The van der Waals surface area contributed by atoms with E-state index in [4.69, 9.17) is 4.74 Å². The molecule has 3 rings (SSSR count). The van der Waals surface area contributed by atoms with Crippen molar-refractivity contribution in [1.82, 2.24) is 24.5 Å². The van der Waals surface area contributed by atoms with E-state index < -0.39 is 0 Å². The summed E-state index contributed by atoms with van der Waals surface area (Å²) in [6, 6.07) is -0.113. The summed E-state index contributed by atoms with van der Waals surface area (Å²) >= 11 is 0. The number of ether oxygens (including phenoxy) is 1. The summed E-state index contributed by atoms with van der Waals surface area (Å²) in [5.41, 5.74) is 3.61. The van der Waals surface area contributed by atoms with Crippen molar-refractivity contribution in [1.29, 1.82) is 0 Å². The van der Waals surface area contributed by atoms with Gasteiger partial charge in [0.25, 0.3) is 0 Å². The van der Waals surface area contributed by atoms with Crippen LogP contribution in [0, 0.1) is 13.8 Å². The Morgan fingerprint density at radius 1 is 1.36 bits per heavy atom. The first kappa shape index (κ1) is 17.5. The lowest BCUT2D eigenvalue weighted by Crippen LogP contribution is -2.44. The van der Waals surface area contributed by atoms with E-state index in [1.807, 2.05) is 49.5 Å². The van der Waals surface area contributed by atoms with E-state index in [1.54, 1.807) is 4.90 Å². The lowest BCUT2D eigenvalue weighted by Gasteiger charge is -2.32. The standard InChI is InChI=1S/C17H26N6O2/c1-5-22-10-14(9-18-22)15-11-21(7-8-25-15)17(24)19-16-12(3)20-23(6-2)13(16)4/h9-10,15H,5-8,11H2,1-4H3,(H,19,24)/t15-/m1/s1. The summed E-state index contributed by atoms with van der Waals surface area (Å²) < 4.78 is 9.59. The van der Waals surface area contributed by atoms with Crippen LogP contribution in [0.3, 0.4) is 0 Å². The Labute approximate surface area is 147 Å². The second-order valence-corrected chi connectivity index (χ2v) is 6.23. The lowest BCUT2D eigenvalue weighted by molar-refractivity contribution is -0.0135. The van der Waals surface area contributed by atoms with Gasteiger partial charge in [-0.25, -0.2) is 4.79 Å². The molecule has 0 saturated carbocycles. The highest BCUT2D eigenvalue weighted by molar-refractivity contribution is 5.90. The van der Waals surface area contributed by atoms with Gasteiger partial charge in [-0.3, -0.25) is 9.36 Å². The third kappa shape index (κ3) is 3.53. The molecule has 0 aliphatic carbocycles. The van der Waals surface area contributed by atoms with E-state index in [0.717, 1.165) is 35.7 Å². The molecule has 1 atom stereocenters. The van der Waals surface area contributed by atoms with Gasteiger partial charge in [0.05, 0.1) is 36.4 Å². The number of aromatic nitrogens is 4. The molecular formula is C17H26N6O2. The Morgan fingerprint density at radius 3 is 2.80 bits per heavy atom. The third-order valence-electron chi connectivity index (χ3n) is 4.62. The molecule has 2 amide bonds. The topological polar surface area (TPSA) is 77.2 Å². The van der Waals surface area contributed by atoms with Gasteiger partial charge in [-0.15, -0.1) is 0 Å². The van der Waals surface area contributed by atoms with Crippen LogP contribution in [0.25, 0.3) is 0 Å². The average Bonchev–Trinajstić information content (AvgIpc) is 3.21. The first-order valence-corrected chi connectivity index (χ1v) is 8.77. The SMILES string of the molecule is CCn1cc([C@H]2CN(C(=O)Nc3c(C)nn(CC)c3C)CCO2)cn1. The summed E-state index contributed by atoms with van der Waals surface area (Å²) in [5.74, 6) is 0. The van der Waals surface area contributed by atoms with Gasteiger partial charge in [-0.1, -0.05) is 0 Å². The maximum atomic E-state index is 12.7. The number of amides is 2. The fourth-order valence-corrected chi connectivity index (χ4v) is 3.13. The van der Waals surface area contributed by atoms with Crippen molar-refractivity contribution in [3.8, 4) is 0 Å². The number of carbonyl (C=O) groups excluding carboxylic acids is 1. The molecule has 0 spiro atoms. The summed E-state index contributed by atoms with van der Waals surface area (Å²) in [5, 5.41) is 11.8. The molecule has 0 bridgehead atoms. The summed E-state index contributed by atoms with van der Waals surface area (Å²) in [7, 11) is 0. The number of urea groups is 1. The summed E-state index contributed by atoms with van der Waals surface area (Å²) in [6.45, 7) is 11.2. The zero-order chi connectivity index (χ0) is 18.0. The van der Waals surface area contributed by atoms with Crippen LogP contribution in [-0.4, -0.2) is 50.2 Å². The molecule has 0 unspecified atom stereocenters. The highest BCUT2D eigenvalue weighted by Crippen LogP contribution is 2.24. The zero-order valence-electron chi connectivity index (χ0n) is 15.3. The van der Waals surface area contributed by atoms with Gasteiger partial charge in [-0.2, -0.15) is 10.2 Å². The average molecular weight is 346 g/mol. The van der Waals surface area contributed by atoms with Gasteiger partial charge in [0.1, 0.15) is 6.10 Å². The number of carbonyl (C=O) groups is 1. The normalized spacial score (nSPS) is 17.8. The Bertz CT molecular complexity index is 750. The van der Waals surface area contributed by atoms with Crippen molar-refractivity contribution in [2.24, 2.45) is 0 Å². The Hall–Kier alpha value is -2.35. The zero-order valence-corrected chi connectivity index (χ0v) is 15.3. The maximum Gasteiger partial charge on any atom is 0.322 e. The quantitative estimate of drug-likeness (QED) is 0.922. The molecule has 1 aliphatic rings. The van der Waals surface area contributed by atoms with Crippen molar-refractivity contribution >= 4 is 11.7 Å². The fourth-order valence-electron chi connectivity index (χ4n) is 3.13. The molecule has 2 aromatic rings. The molecule has 1 fully saturated rings. The van der Waals surface area contributed by atoms with Crippen LogP contribution in [0.4, 0.5) is 10.5 Å². The second-order valence-electron chi connectivity index (χ2n) is 6.23. The molecule has 8 nitrogen and oxygen atoms in total. The molecule has 0 aromatic carbocycles. The van der Waals surface area contributed by atoms with E-state index >= 15 is 0 Å². The molecule has 8 heteroatoms. The number of aryl methyl sites for hydroxylation is 3. The number of anilines is 1.